The zero-order valence-electron chi connectivity index (χ0n) is 31.3. The Bertz CT molecular complexity index is 2130. The number of hydrogen-bond acceptors (Lipinski definition) is 8. The Kier molecular flexibility index (Phi) is 10.6. The summed E-state index contributed by atoms with van der Waals surface area (Å²) in [6.07, 6.45) is 10.1. The second-order valence-electron chi connectivity index (χ2n) is 16.0. The van der Waals surface area contributed by atoms with Gasteiger partial charge in [0.1, 0.15) is 29.5 Å². The first-order valence-electron chi connectivity index (χ1n) is 19.8. The lowest BCUT2D eigenvalue weighted by Gasteiger charge is -2.34. The van der Waals surface area contributed by atoms with Gasteiger partial charge in [-0.1, -0.05) is 67.5 Å². The molecule has 3 aromatic rings. The van der Waals surface area contributed by atoms with E-state index in [1.54, 1.807) is 0 Å². The van der Waals surface area contributed by atoms with E-state index < -0.39 is 68.1 Å². The number of ether oxygens (including phenoxy) is 1. The molecule has 0 radical (unpaired) electrons. The maximum atomic E-state index is 14.7. The molecule has 4 unspecified atom stereocenters. The minimum Gasteiger partial charge on any atom is -0.446 e. The summed E-state index contributed by atoms with van der Waals surface area (Å²) in [4.78, 5) is 59.9. The van der Waals surface area contributed by atoms with Crippen molar-refractivity contribution in [1.82, 2.24) is 25.2 Å². The van der Waals surface area contributed by atoms with E-state index in [1.807, 2.05) is 24.3 Å². The molecule has 4 amide bonds. The van der Waals surface area contributed by atoms with Gasteiger partial charge in [0.25, 0.3) is 15.9 Å². The van der Waals surface area contributed by atoms with Gasteiger partial charge in [-0.3, -0.25) is 19.3 Å². The van der Waals surface area contributed by atoms with Gasteiger partial charge in [-0.15, -0.1) is 0 Å². The molecule has 5 aliphatic rings. The maximum Gasteiger partial charge on any atom is 0.408 e. The number of sulfonamides is 1. The van der Waals surface area contributed by atoms with Crippen LogP contribution < -0.4 is 15.4 Å². The molecule has 3 aliphatic heterocycles. The number of allylic oxidation sites excluding steroid dienone is 1. The van der Waals surface area contributed by atoms with Crippen molar-refractivity contribution >= 4 is 44.6 Å². The van der Waals surface area contributed by atoms with Crippen molar-refractivity contribution in [2.45, 2.75) is 118 Å². The average molecular weight is 786 g/mol. The number of hydrogen-bond donors (Lipinski definition) is 3. The number of nitrogens with one attached hydrogen (secondary N) is 3. The first-order chi connectivity index (χ1) is 27.0. The van der Waals surface area contributed by atoms with Crippen LogP contribution in [0.4, 0.5) is 9.18 Å². The van der Waals surface area contributed by atoms with Crippen LogP contribution in [0.3, 0.4) is 0 Å². The zero-order chi connectivity index (χ0) is 39.0. The molecule has 296 valence electrons. The van der Waals surface area contributed by atoms with Crippen molar-refractivity contribution in [3.63, 3.8) is 0 Å². The summed E-state index contributed by atoms with van der Waals surface area (Å²) in [6, 6.07) is 14.6. The minimum atomic E-state index is -4.48. The van der Waals surface area contributed by atoms with E-state index in [9.17, 15) is 32.0 Å². The normalized spacial score (nSPS) is 28.0. The predicted octanol–water partition coefficient (Wildman–Crippen LogP) is 5.20. The highest BCUT2D eigenvalue weighted by molar-refractivity contribution is 7.90. The fourth-order valence-corrected chi connectivity index (χ4v) is 10.2. The van der Waals surface area contributed by atoms with Crippen LogP contribution in [0.2, 0.25) is 0 Å². The van der Waals surface area contributed by atoms with Crippen LogP contribution >= 0.6 is 0 Å². The lowest BCUT2D eigenvalue weighted by atomic mass is 9.94. The summed E-state index contributed by atoms with van der Waals surface area (Å²) in [5.74, 6) is -3.20. The van der Waals surface area contributed by atoms with E-state index in [1.165, 1.54) is 22.4 Å². The van der Waals surface area contributed by atoms with Crippen LogP contribution in [0.25, 0.3) is 10.8 Å². The van der Waals surface area contributed by atoms with E-state index in [4.69, 9.17) is 4.74 Å². The van der Waals surface area contributed by atoms with Crippen LogP contribution in [0, 0.1) is 11.7 Å². The van der Waals surface area contributed by atoms with Gasteiger partial charge < -0.3 is 20.3 Å². The van der Waals surface area contributed by atoms with E-state index in [2.05, 4.69) is 44.5 Å². The van der Waals surface area contributed by atoms with Crippen LogP contribution in [-0.2, 0) is 42.2 Å². The molecule has 0 aromatic heterocycles. The molecule has 3 heterocycles. The topological polar surface area (TPSA) is 154 Å². The highest BCUT2D eigenvalue weighted by Gasteiger charge is 2.61. The Morgan fingerprint density at radius 2 is 1.62 bits per heavy atom. The predicted molar refractivity (Wildman–Crippen MR) is 206 cm³/mol. The van der Waals surface area contributed by atoms with Gasteiger partial charge >= 0.3 is 6.09 Å². The largest absolute Gasteiger partial charge is 0.446 e. The van der Waals surface area contributed by atoms with Crippen molar-refractivity contribution in [3.8, 4) is 0 Å². The smallest absolute Gasteiger partial charge is 0.408 e. The van der Waals surface area contributed by atoms with Crippen molar-refractivity contribution in [2.24, 2.45) is 5.92 Å². The molecule has 0 spiro atoms. The Hall–Kier alpha value is -4.82. The van der Waals surface area contributed by atoms with Crippen molar-refractivity contribution in [2.75, 3.05) is 6.54 Å². The molecule has 0 bridgehead atoms. The quantitative estimate of drug-likeness (QED) is 0.289. The molecular formula is C42H48FN5O7S. The first kappa shape index (κ1) is 38.1. The van der Waals surface area contributed by atoms with Crippen molar-refractivity contribution in [1.29, 1.82) is 0 Å². The molecule has 56 heavy (non-hydrogen) atoms. The summed E-state index contributed by atoms with van der Waals surface area (Å²) < 4.78 is 48.4. The molecule has 5 atom stereocenters. The number of fused-ring (bicyclic) bond motifs is 2. The third-order valence-electron chi connectivity index (χ3n) is 12.2. The standard InChI is InChI=1S/C42H48FN5O7S/c43-31-16-10-19-34(21-31)56(53,54)46-40(51)42-23-30(42)15-4-2-1-3-5-20-35(44-41(52)55-33-17-6-7-18-33)39(50)48-26-32(22-36(48)38(49)45-42)47-24-28-13-8-11-27-12-9-14-29(25-47)37(27)28/h4,8-16,19,21,30,32-33,35-36H,1-3,5-7,17-18,20,22-26H2,(H,44,52)(H,45,49)(H,46,51)/b15-4+/t30?,32-,35?,36?,42?/m1/s1. The number of nitrogens with zero attached hydrogens (tertiary/aromatic N) is 2. The number of carbonyl (C=O) groups excluding carboxylic acids is 4. The monoisotopic (exact) mass is 785 g/mol. The molecule has 14 heteroatoms. The average Bonchev–Trinajstić information content (AvgIpc) is 3.46. The molecule has 8 rings (SSSR count). The van der Waals surface area contributed by atoms with Gasteiger partial charge in [0.2, 0.25) is 11.8 Å². The van der Waals surface area contributed by atoms with Gasteiger partial charge in [-0.05, 0) is 97.9 Å². The summed E-state index contributed by atoms with van der Waals surface area (Å²) in [7, 11) is -4.48. The highest BCUT2D eigenvalue weighted by Crippen LogP contribution is 2.46. The Morgan fingerprint density at radius 1 is 0.911 bits per heavy atom. The molecule has 2 aliphatic carbocycles. The summed E-state index contributed by atoms with van der Waals surface area (Å²) in [5.41, 5.74) is 0.701. The highest BCUT2D eigenvalue weighted by atomic mass is 32.2. The molecule has 3 aromatic carbocycles. The second kappa shape index (κ2) is 15.6. The fourth-order valence-electron chi connectivity index (χ4n) is 9.12. The number of benzene rings is 3. The van der Waals surface area contributed by atoms with Crippen LogP contribution in [0.15, 0.2) is 77.7 Å². The van der Waals surface area contributed by atoms with E-state index in [0.29, 0.717) is 32.4 Å². The van der Waals surface area contributed by atoms with E-state index in [-0.39, 0.29) is 31.5 Å². The Morgan fingerprint density at radius 3 is 2.36 bits per heavy atom. The summed E-state index contributed by atoms with van der Waals surface area (Å²) in [5, 5.41) is 8.13. The number of halogens is 1. The van der Waals surface area contributed by atoms with E-state index >= 15 is 0 Å². The van der Waals surface area contributed by atoms with Gasteiger partial charge in [0.05, 0.1) is 4.90 Å². The lowest BCUT2D eigenvalue weighted by Crippen LogP contribution is -2.58. The van der Waals surface area contributed by atoms with Gasteiger partial charge in [-0.2, -0.15) is 0 Å². The number of amides is 4. The minimum absolute atomic E-state index is 0.147. The summed E-state index contributed by atoms with van der Waals surface area (Å²) in [6.45, 7) is 1.44. The zero-order valence-corrected chi connectivity index (χ0v) is 32.1. The summed E-state index contributed by atoms with van der Waals surface area (Å²) >= 11 is 0. The van der Waals surface area contributed by atoms with Crippen molar-refractivity contribution < 1.29 is 36.7 Å². The van der Waals surface area contributed by atoms with Crippen LogP contribution in [0.5, 0.6) is 0 Å². The van der Waals surface area contributed by atoms with E-state index in [0.717, 1.165) is 67.2 Å². The molecule has 3 fully saturated rings. The van der Waals surface area contributed by atoms with Gasteiger partial charge in [-0.25, -0.2) is 22.3 Å². The molecular weight excluding hydrogens is 738 g/mol. The molecule has 12 nitrogen and oxygen atoms in total. The molecule has 1 saturated heterocycles. The SMILES string of the molecule is O=C(NC1CCCCC/C=C/C2CC2(C(=O)NS(=O)(=O)c2cccc(F)c2)NC(=O)C2C[C@@H](N3Cc4cccc5cccc(c45)C3)CN2C1=O)OC1CCCC1. The fraction of sp³-hybridized carbons (Fsp3) is 0.476. The number of carbonyl (C=O) groups is 4. The Balaban J connectivity index is 1.09. The van der Waals surface area contributed by atoms with Gasteiger partial charge in [0.15, 0.2) is 0 Å². The lowest BCUT2D eigenvalue weighted by molar-refractivity contribution is -0.141. The third-order valence-corrected chi connectivity index (χ3v) is 13.5. The van der Waals surface area contributed by atoms with Crippen molar-refractivity contribution in [3.05, 3.63) is 89.8 Å². The van der Waals surface area contributed by atoms with Gasteiger partial charge in [0, 0.05) is 31.6 Å². The van der Waals surface area contributed by atoms with Crippen LogP contribution in [-0.4, -0.2) is 78.3 Å². The molecule has 2 saturated carbocycles. The van der Waals surface area contributed by atoms with Crippen LogP contribution in [0.1, 0.15) is 81.8 Å². The third kappa shape index (κ3) is 7.77. The number of rotatable bonds is 6. The Labute approximate surface area is 326 Å². The molecule has 3 N–H and O–H groups in total. The number of alkyl carbamates (subject to hydrolysis) is 1. The first-order valence-corrected chi connectivity index (χ1v) is 21.3. The maximum absolute atomic E-state index is 14.7. The second-order valence-corrected chi connectivity index (χ2v) is 17.7.